The van der Waals surface area contributed by atoms with E-state index in [0.29, 0.717) is 17.5 Å². The maximum absolute atomic E-state index is 6.66. The Bertz CT molecular complexity index is 4500. The van der Waals surface area contributed by atoms with Crippen molar-refractivity contribution in [3.8, 4) is 39.9 Å². The fourth-order valence-electron chi connectivity index (χ4n) is 10.6. The maximum Gasteiger partial charge on any atom is 0.164 e. The number of aromatic nitrogens is 4. The number of hydrogen-bond acceptors (Lipinski definition) is 5. The highest BCUT2D eigenvalue weighted by Crippen LogP contribution is 2.42. The Morgan fingerprint density at radius 2 is 0.910 bits per heavy atom. The molecule has 67 heavy (non-hydrogen) atoms. The lowest BCUT2D eigenvalue weighted by Gasteiger charge is -2.11. The number of rotatable bonds is 4. The van der Waals surface area contributed by atoms with Gasteiger partial charge in [-0.2, -0.15) is 0 Å². The minimum absolute atomic E-state index is 0.603. The molecule has 4 heterocycles. The molecule has 0 fully saturated rings. The average Bonchev–Trinajstić information content (AvgIpc) is 4.05. The van der Waals surface area contributed by atoms with Crippen LogP contribution in [0.15, 0.2) is 211 Å². The van der Waals surface area contributed by atoms with E-state index in [9.17, 15) is 0 Å². The molecule has 0 amide bonds. The smallest absolute Gasteiger partial charge is 0.164 e. The van der Waals surface area contributed by atoms with Crippen molar-refractivity contribution >= 4 is 118 Å². The first kappa shape index (κ1) is 36.6. The van der Waals surface area contributed by atoms with Crippen LogP contribution in [0.1, 0.15) is 0 Å². The molecule has 0 aliphatic rings. The summed E-state index contributed by atoms with van der Waals surface area (Å²) in [6.45, 7) is 0. The van der Waals surface area contributed by atoms with Crippen LogP contribution in [0.5, 0.6) is 0 Å². The van der Waals surface area contributed by atoms with Gasteiger partial charge in [-0.25, -0.2) is 15.0 Å². The Morgan fingerprint density at radius 1 is 0.343 bits per heavy atom. The Balaban J connectivity index is 0.949. The normalized spacial score (nSPS) is 12.2. The third kappa shape index (κ3) is 5.57. The van der Waals surface area contributed by atoms with Gasteiger partial charge >= 0.3 is 0 Å². The zero-order chi connectivity index (χ0) is 43.7. The predicted octanol–water partition coefficient (Wildman–Crippen LogP) is 16.8. The molecule has 6 heteroatoms. The largest absolute Gasteiger partial charge is 0.456 e. The van der Waals surface area contributed by atoms with Crippen LogP contribution in [0.4, 0.5) is 0 Å². The van der Waals surface area contributed by atoms with Crippen molar-refractivity contribution < 1.29 is 4.42 Å². The minimum Gasteiger partial charge on any atom is -0.456 e. The van der Waals surface area contributed by atoms with Crippen LogP contribution in [0.2, 0.25) is 0 Å². The molecule has 0 spiro atoms. The number of hydrogen-bond donors (Lipinski definition) is 0. The first-order valence-corrected chi connectivity index (χ1v) is 23.4. The van der Waals surface area contributed by atoms with Crippen molar-refractivity contribution in [2.75, 3.05) is 0 Å². The van der Waals surface area contributed by atoms with E-state index in [1.807, 2.05) is 0 Å². The molecule has 0 radical (unpaired) electrons. The molecular weight excluding hydrogens is 837 g/mol. The summed E-state index contributed by atoms with van der Waals surface area (Å²) in [5.74, 6) is 1.87. The predicted molar refractivity (Wildman–Crippen MR) is 281 cm³/mol. The van der Waals surface area contributed by atoms with Gasteiger partial charge in [0, 0.05) is 64.1 Å². The van der Waals surface area contributed by atoms with Crippen LogP contribution < -0.4 is 0 Å². The molecule has 0 aliphatic carbocycles. The second kappa shape index (κ2) is 13.9. The zero-order valence-corrected chi connectivity index (χ0v) is 36.6. The minimum atomic E-state index is 0.603. The monoisotopic (exact) mass is 870 g/mol. The third-order valence-corrected chi connectivity index (χ3v) is 14.9. The summed E-state index contributed by atoms with van der Waals surface area (Å²) in [4.78, 5) is 15.8. The molecule has 0 aliphatic heterocycles. The van der Waals surface area contributed by atoms with Gasteiger partial charge in [0.25, 0.3) is 0 Å². The summed E-state index contributed by atoms with van der Waals surface area (Å²) in [5, 5.41) is 16.4. The van der Waals surface area contributed by atoms with Gasteiger partial charge in [0.05, 0.1) is 11.0 Å². The number of thiophene rings is 1. The average molecular weight is 871 g/mol. The van der Waals surface area contributed by atoms with E-state index in [0.717, 1.165) is 65.9 Å². The second-order valence-corrected chi connectivity index (χ2v) is 18.7. The topological polar surface area (TPSA) is 56.7 Å². The first-order valence-electron chi connectivity index (χ1n) is 22.6. The summed E-state index contributed by atoms with van der Waals surface area (Å²) in [6.07, 6.45) is 0. The molecule has 0 N–H and O–H groups in total. The SMILES string of the molecule is c1ccc2cc3c(cc2c1)c1cc2ccccc2cc1n3-c1ccc2ccc3oc4ccc(-c5nc(-c6ccc7c(c6)sc6ccccc67)nc(-c6cccc7ccccc67)n5)cc4c3c2c1. The molecule has 0 unspecified atom stereocenters. The van der Waals surface area contributed by atoms with Crippen molar-refractivity contribution in [1.29, 1.82) is 0 Å². The lowest BCUT2D eigenvalue weighted by atomic mass is 10.0. The molecule has 310 valence electrons. The quantitative estimate of drug-likeness (QED) is 0.177. The summed E-state index contributed by atoms with van der Waals surface area (Å²) < 4.78 is 11.6. The van der Waals surface area contributed by atoms with Crippen LogP contribution in [-0.2, 0) is 0 Å². The second-order valence-electron chi connectivity index (χ2n) is 17.6. The lowest BCUT2D eigenvalue weighted by Crippen LogP contribution is -2.00. The summed E-state index contributed by atoms with van der Waals surface area (Å²) in [5.41, 5.74) is 7.88. The van der Waals surface area contributed by atoms with Crippen molar-refractivity contribution in [1.82, 2.24) is 19.5 Å². The molecule has 15 aromatic rings. The third-order valence-electron chi connectivity index (χ3n) is 13.8. The van der Waals surface area contributed by atoms with E-state index in [2.05, 4.69) is 211 Å². The van der Waals surface area contributed by atoms with Gasteiger partial charge in [0.2, 0.25) is 0 Å². The fourth-order valence-corrected chi connectivity index (χ4v) is 11.7. The van der Waals surface area contributed by atoms with Gasteiger partial charge in [-0.05, 0) is 116 Å². The van der Waals surface area contributed by atoms with Gasteiger partial charge in [0.1, 0.15) is 11.2 Å². The Morgan fingerprint density at radius 3 is 1.67 bits per heavy atom. The van der Waals surface area contributed by atoms with Crippen LogP contribution >= 0.6 is 11.3 Å². The fraction of sp³-hybridized carbons (Fsp3) is 0. The van der Waals surface area contributed by atoms with Gasteiger partial charge in [-0.1, -0.05) is 133 Å². The molecule has 0 saturated heterocycles. The van der Waals surface area contributed by atoms with Crippen LogP contribution in [0.25, 0.3) is 147 Å². The number of benzene rings is 11. The summed E-state index contributed by atoms with van der Waals surface area (Å²) >= 11 is 1.80. The Kier molecular flexibility index (Phi) is 7.59. The standard InChI is InChI=1S/C61H34N4OS/c1-3-13-39-31-52-49(28-37(39)11-1)50-29-38-12-2-4-14-40(38)32-53(50)65(52)43-24-20-36-22-27-55-58(48(36)34-43)51-30-41(23-26-54(51)66-55)59-62-60(42-21-25-46-45-17-7-8-19-56(45)67-57(46)33-42)64-61(63-59)47-18-9-15-35-10-5-6-16-44(35)47/h1-34H. The van der Waals surface area contributed by atoms with Crippen molar-refractivity contribution in [3.63, 3.8) is 0 Å². The van der Waals surface area contributed by atoms with E-state index in [-0.39, 0.29) is 0 Å². The van der Waals surface area contributed by atoms with E-state index < -0.39 is 0 Å². The molecule has 11 aromatic carbocycles. The molecule has 0 saturated carbocycles. The Hall–Kier alpha value is -8.71. The zero-order valence-electron chi connectivity index (χ0n) is 35.7. The van der Waals surface area contributed by atoms with E-state index in [1.165, 1.54) is 63.5 Å². The number of fused-ring (bicyclic) bond motifs is 14. The number of furan rings is 1. The summed E-state index contributed by atoms with van der Waals surface area (Å²) in [6, 6.07) is 74.0. The lowest BCUT2D eigenvalue weighted by molar-refractivity contribution is 0.669. The first-order chi connectivity index (χ1) is 33.1. The molecule has 5 nitrogen and oxygen atoms in total. The van der Waals surface area contributed by atoms with Crippen LogP contribution in [0.3, 0.4) is 0 Å². The molecule has 15 rings (SSSR count). The van der Waals surface area contributed by atoms with Gasteiger partial charge in [-0.3, -0.25) is 0 Å². The van der Waals surface area contributed by atoms with E-state index >= 15 is 0 Å². The van der Waals surface area contributed by atoms with Gasteiger partial charge in [-0.15, -0.1) is 11.3 Å². The van der Waals surface area contributed by atoms with E-state index in [4.69, 9.17) is 19.4 Å². The number of nitrogens with zero attached hydrogens (tertiary/aromatic N) is 4. The molecular formula is C61H34N4OS. The molecule has 0 atom stereocenters. The Labute approximate surface area is 386 Å². The van der Waals surface area contributed by atoms with Crippen LogP contribution in [-0.4, -0.2) is 19.5 Å². The molecule has 0 bridgehead atoms. The van der Waals surface area contributed by atoms with Gasteiger partial charge in [0.15, 0.2) is 17.5 Å². The van der Waals surface area contributed by atoms with Gasteiger partial charge < -0.3 is 8.98 Å². The van der Waals surface area contributed by atoms with E-state index in [1.54, 1.807) is 11.3 Å². The van der Waals surface area contributed by atoms with Crippen molar-refractivity contribution in [2.45, 2.75) is 0 Å². The van der Waals surface area contributed by atoms with Crippen molar-refractivity contribution in [2.24, 2.45) is 0 Å². The maximum atomic E-state index is 6.66. The molecule has 4 aromatic heterocycles. The highest BCUT2D eigenvalue weighted by Gasteiger charge is 2.20. The summed E-state index contributed by atoms with van der Waals surface area (Å²) in [7, 11) is 0. The van der Waals surface area contributed by atoms with Crippen LogP contribution in [0, 0.1) is 0 Å². The highest BCUT2D eigenvalue weighted by atomic mass is 32.1. The van der Waals surface area contributed by atoms with Crippen molar-refractivity contribution in [3.05, 3.63) is 206 Å². The highest BCUT2D eigenvalue weighted by molar-refractivity contribution is 7.25.